The third-order valence-corrected chi connectivity index (χ3v) is 4.61. The van der Waals surface area contributed by atoms with Crippen LogP contribution in [0.5, 0.6) is 0 Å². The lowest BCUT2D eigenvalue weighted by Gasteiger charge is -2.23. The fourth-order valence-electron chi connectivity index (χ4n) is 3.26. The molecule has 4 heteroatoms. The summed E-state index contributed by atoms with van der Waals surface area (Å²) in [4.78, 5) is 26.5. The highest BCUT2D eigenvalue weighted by molar-refractivity contribution is 5.99. The summed E-state index contributed by atoms with van der Waals surface area (Å²) >= 11 is 0. The van der Waals surface area contributed by atoms with E-state index >= 15 is 0 Å². The van der Waals surface area contributed by atoms with Crippen LogP contribution in [0.4, 0.5) is 5.69 Å². The molecule has 0 spiro atoms. The quantitative estimate of drug-likeness (QED) is 0.899. The molecule has 0 bridgehead atoms. The maximum atomic E-state index is 12.8. The summed E-state index contributed by atoms with van der Waals surface area (Å²) in [6.07, 6.45) is 1.46. The van der Waals surface area contributed by atoms with E-state index in [0.717, 1.165) is 24.2 Å². The fourth-order valence-corrected chi connectivity index (χ4v) is 3.26. The smallest absolute Gasteiger partial charge is 0.251 e. The minimum Gasteiger partial charge on any atom is -0.345 e. The lowest BCUT2D eigenvalue weighted by molar-refractivity contribution is -0.117. The van der Waals surface area contributed by atoms with Crippen molar-refractivity contribution < 1.29 is 9.59 Å². The molecule has 1 saturated heterocycles. The Kier molecular flexibility index (Phi) is 5.17. The van der Waals surface area contributed by atoms with Crippen molar-refractivity contribution in [1.82, 2.24) is 5.32 Å². The second-order valence-electron chi connectivity index (χ2n) is 6.81. The van der Waals surface area contributed by atoms with Crippen LogP contribution in [-0.2, 0) is 4.79 Å². The van der Waals surface area contributed by atoms with Crippen LogP contribution in [0, 0.1) is 5.92 Å². The molecule has 1 heterocycles. The van der Waals surface area contributed by atoms with Gasteiger partial charge in [-0.1, -0.05) is 50.2 Å². The normalized spacial score (nSPS) is 15.5. The summed E-state index contributed by atoms with van der Waals surface area (Å²) in [5, 5.41) is 3.14. The van der Waals surface area contributed by atoms with E-state index in [1.165, 1.54) is 0 Å². The van der Waals surface area contributed by atoms with Gasteiger partial charge in [0.05, 0.1) is 6.04 Å². The molecule has 1 unspecified atom stereocenters. The molecular formula is C21H24N2O2. The van der Waals surface area contributed by atoms with Crippen LogP contribution in [0.2, 0.25) is 0 Å². The van der Waals surface area contributed by atoms with Crippen LogP contribution in [0.15, 0.2) is 54.6 Å². The number of amides is 2. The van der Waals surface area contributed by atoms with E-state index in [4.69, 9.17) is 0 Å². The average Bonchev–Trinajstić information content (AvgIpc) is 3.06. The Hall–Kier alpha value is -2.62. The molecule has 1 atom stereocenters. The fraction of sp³-hybridized carbons (Fsp3) is 0.333. The van der Waals surface area contributed by atoms with Gasteiger partial charge in [0, 0.05) is 24.2 Å². The molecule has 1 fully saturated rings. The molecular weight excluding hydrogens is 312 g/mol. The Morgan fingerprint density at radius 2 is 1.84 bits per heavy atom. The Morgan fingerprint density at radius 1 is 1.08 bits per heavy atom. The van der Waals surface area contributed by atoms with Crippen molar-refractivity contribution in [2.24, 2.45) is 5.92 Å². The standard InChI is InChI=1S/C21H24N2O2/c1-15(2)20(16-8-4-3-5-9-16)22-21(25)17-10-6-11-18(14-17)23-13-7-12-19(23)24/h3-6,8-11,14-15,20H,7,12-13H2,1-2H3,(H,22,25). The summed E-state index contributed by atoms with van der Waals surface area (Å²) in [5.74, 6) is 0.285. The van der Waals surface area contributed by atoms with Crippen molar-refractivity contribution in [3.05, 3.63) is 65.7 Å². The number of nitrogens with zero attached hydrogens (tertiary/aromatic N) is 1. The highest BCUT2D eigenvalue weighted by Crippen LogP contribution is 2.24. The first-order valence-electron chi connectivity index (χ1n) is 8.82. The zero-order chi connectivity index (χ0) is 17.8. The number of rotatable bonds is 5. The van der Waals surface area contributed by atoms with E-state index in [0.29, 0.717) is 12.0 Å². The highest BCUT2D eigenvalue weighted by Gasteiger charge is 2.23. The molecule has 0 aromatic heterocycles. The average molecular weight is 336 g/mol. The second kappa shape index (κ2) is 7.51. The second-order valence-corrected chi connectivity index (χ2v) is 6.81. The van der Waals surface area contributed by atoms with Crippen molar-refractivity contribution in [3.8, 4) is 0 Å². The van der Waals surface area contributed by atoms with Gasteiger partial charge in [-0.25, -0.2) is 0 Å². The van der Waals surface area contributed by atoms with Crippen molar-refractivity contribution >= 4 is 17.5 Å². The van der Waals surface area contributed by atoms with Gasteiger partial charge in [-0.3, -0.25) is 9.59 Å². The lowest BCUT2D eigenvalue weighted by Crippen LogP contribution is -2.32. The summed E-state index contributed by atoms with van der Waals surface area (Å²) in [6, 6.07) is 17.3. The Morgan fingerprint density at radius 3 is 2.48 bits per heavy atom. The number of benzene rings is 2. The predicted octanol–water partition coefficient (Wildman–Crippen LogP) is 3.94. The van der Waals surface area contributed by atoms with Crippen LogP contribution in [0.3, 0.4) is 0 Å². The minimum absolute atomic E-state index is 0.0502. The van der Waals surface area contributed by atoms with E-state index in [9.17, 15) is 9.59 Å². The Balaban J connectivity index is 1.79. The third-order valence-electron chi connectivity index (χ3n) is 4.61. The first-order chi connectivity index (χ1) is 12.1. The number of anilines is 1. The van der Waals surface area contributed by atoms with Gasteiger partial charge in [0.15, 0.2) is 0 Å². The van der Waals surface area contributed by atoms with E-state index in [-0.39, 0.29) is 23.8 Å². The van der Waals surface area contributed by atoms with Crippen molar-refractivity contribution in [2.75, 3.05) is 11.4 Å². The molecule has 4 nitrogen and oxygen atoms in total. The number of nitrogens with one attached hydrogen (secondary N) is 1. The molecule has 2 aromatic carbocycles. The van der Waals surface area contributed by atoms with Gasteiger partial charge in [-0.2, -0.15) is 0 Å². The Labute approximate surface area is 148 Å². The molecule has 1 aliphatic heterocycles. The molecule has 130 valence electrons. The monoisotopic (exact) mass is 336 g/mol. The first kappa shape index (κ1) is 17.2. The molecule has 3 rings (SSSR count). The van der Waals surface area contributed by atoms with Crippen molar-refractivity contribution in [2.45, 2.75) is 32.7 Å². The van der Waals surface area contributed by atoms with Crippen molar-refractivity contribution in [3.63, 3.8) is 0 Å². The van der Waals surface area contributed by atoms with Crippen LogP contribution >= 0.6 is 0 Å². The van der Waals surface area contributed by atoms with Gasteiger partial charge >= 0.3 is 0 Å². The molecule has 2 amide bonds. The first-order valence-corrected chi connectivity index (χ1v) is 8.82. The number of carbonyl (C=O) groups is 2. The molecule has 1 aliphatic rings. The number of hydrogen-bond donors (Lipinski definition) is 1. The van der Waals surface area contributed by atoms with Crippen molar-refractivity contribution in [1.29, 1.82) is 0 Å². The molecule has 25 heavy (non-hydrogen) atoms. The predicted molar refractivity (Wildman–Crippen MR) is 99.5 cm³/mol. The molecule has 0 radical (unpaired) electrons. The largest absolute Gasteiger partial charge is 0.345 e. The van der Waals surface area contributed by atoms with E-state index in [2.05, 4.69) is 19.2 Å². The Bertz CT molecular complexity index is 756. The van der Waals surface area contributed by atoms with Gasteiger partial charge in [-0.15, -0.1) is 0 Å². The highest BCUT2D eigenvalue weighted by atomic mass is 16.2. The van der Waals surface area contributed by atoms with Gasteiger partial charge in [0.25, 0.3) is 5.91 Å². The minimum atomic E-state index is -0.115. The summed E-state index contributed by atoms with van der Waals surface area (Å²) in [6.45, 7) is 4.91. The van der Waals surface area contributed by atoms with E-state index < -0.39 is 0 Å². The van der Waals surface area contributed by atoms with Crippen LogP contribution < -0.4 is 10.2 Å². The third kappa shape index (κ3) is 3.90. The lowest BCUT2D eigenvalue weighted by atomic mass is 9.95. The van der Waals surface area contributed by atoms with E-state index in [1.807, 2.05) is 42.5 Å². The van der Waals surface area contributed by atoms with Crippen LogP contribution in [0.25, 0.3) is 0 Å². The van der Waals surface area contributed by atoms with Gasteiger partial charge in [0.2, 0.25) is 5.91 Å². The van der Waals surface area contributed by atoms with Gasteiger partial charge in [-0.05, 0) is 36.1 Å². The zero-order valence-corrected chi connectivity index (χ0v) is 14.7. The SMILES string of the molecule is CC(C)C(NC(=O)c1cccc(N2CCCC2=O)c1)c1ccccc1. The van der Waals surface area contributed by atoms with Gasteiger partial charge in [0.1, 0.15) is 0 Å². The summed E-state index contributed by atoms with van der Waals surface area (Å²) in [7, 11) is 0. The van der Waals surface area contributed by atoms with Crippen LogP contribution in [-0.4, -0.2) is 18.4 Å². The van der Waals surface area contributed by atoms with Crippen LogP contribution in [0.1, 0.15) is 48.7 Å². The number of hydrogen-bond acceptors (Lipinski definition) is 2. The molecule has 0 aliphatic carbocycles. The number of carbonyl (C=O) groups excluding carboxylic acids is 2. The summed E-state index contributed by atoms with van der Waals surface area (Å²) in [5.41, 5.74) is 2.48. The molecule has 2 aromatic rings. The maximum Gasteiger partial charge on any atom is 0.251 e. The zero-order valence-electron chi connectivity index (χ0n) is 14.7. The summed E-state index contributed by atoms with van der Waals surface area (Å²) < 4.78 is 0. The van der Waals surface area contributed by atoms with Gasteiger partial charge < -0.3 is 10.2 Å². The molecule has 0 saturated carbocycles. The van der Waals surface area contributed by atoms with E-state index in [1.54, 1.807) is 17.0 Å². The molecule has 1 N–H and O–H groups in total. The topological polar surface area (TPSA) is 49.4 Å². The maximum absolute atomic E-state index is 12.8.